The molecule has 3 nitrogen and oxygen atoms in total. The van der Waals surface area contributed by atoms with Crippen LogP contribution in [-0.2, 0) is 24.1 Å². The zero-order valence-electron chi connectivity index (χ0n) is 15.5. The van der Waals surface area contributed by atoms with Gasteiger partial charge < -0.3 is 0 Å². The predicted octanol–water partition coefficient (Wildman–Crippen LogP) is 4.78. The molecule has 0 saturated carbocycles. The number of carbonyl (C=O) groups excluding carboxylic acids is 1. The van der Waals surface area contributed by atoms with E-state index in [-0.39, 0.29) is 5.91 Å². The van der Waals surface area contributed by atoms with E-state index < -0.39 is 0 Å². The van der Waals surface area contributed by atoms with Crippen LogP contribution in [0.3, 0.4) is 0 Å². The van der Waals surface area contributed by atoms with Gasteiger partial charge in [0.05, 0.1) is 12.6 Å². The van der Waals surface area contributed by atoms with E-state index in [0.29, 0.717) is 6.42 Å². The van der Waals surface area contributed by atoms with Gasteiger partial charge in [0.15, 0.2) is 0 Å². The number of rotatable bonds is 4. The Morgan fingerprint density at radius 2 is 1.61 bits per heavy atom. The number of amides is 1. The highest BCUT2D eigenvalue weighted by Crippen LogP contribution is 2.32. The molecular weight excluding hydrogens is 344 g/mol. The van der Waals surface area contributed by atoms with E-state index in [9.17, 15) is 4.79 Å². The fourth-order valence-corrected chi connectivity index (χ4v) is 4.21. The van der Waals surface area contributed by atoms with Crippen LogP contribution in [0.1, 0.15) is 22.3 Å². The molecule has 0 aromatic heterocycles. The number of hydrogen-bond donors (Lipinski definition) is 1. The lowest BCUT2D eigenvalue weighted by Crippen LogP contribution is -2.19. The van der Waals surface area contributed by atoms with Gasteiger partial charge >= 0.3 is 0 Å². The normalized spacial score (nSPS) is 12.9. The first-order valence-corrected chi connectivity index (χ1v) is 9.61. The maximum Gasteiger partial charge on any atom is 0.244 e. The Balaban J connectivity index is 1.35. The predicted molar refractivity (Wildman–Crippen MR) is 115 cm³/mol. The first-order chi connectivity index (χ1) is 13.8. The summed E-state index contributed by atoms with van der Waals surface area (Å²) in [6.07, 6.45) is 4.27. The summed E-state index contributed by atoms with van der Waals surface area (Å²) in [4.78, 5) is 12.4. The molecule has 1 amide bonds. The van der Waals surface area contributed by atoms with Gasteiger partial charge in [-0.1, -0.05) is 72.8 Å². The standard InChI is InChI=1S/C25H20N2O/c28-24(15-20-8-3-6-17-5-1-2-9-22(17)20)27-26-16-21-14-13-19-12-11-18-7-4-10-23(21)25(18)19/h1-10,13-14,16H,11-12,15H2,(H,27,28)/b26-16+. The lowest BCUT2D eigenvalue weighted by Gasteiger charge is -2.06. The highest BCUT2D eigenvalue weighted by atomic mass is 16.2. The third-order valence-electron chi connectivity index (χ3n) is 5.53. The van der Waals surface area contributed by atoms with Crippen molar-refractivity contribution in [3.63, 3.8) is 0 Å². The molecule has 0 atom stereocenters. The van der Waals surface area contributed by atoms with Gasteiger partial charge in [-0.15, -0.1) is 0 Å². The summed E-state index contributed by atoms with van der Waals surface area (Å²) in [5.41, 5.74) is 7.54. The molecule has 0 heterocycles. The number of aryl methyl sites for hydroxylation is 2. The second-order valence-corrected chi connectivity index (χ2v) is 7.26. The quantitative estimate of drug-likeness (QED) is 0.411. The molecule has 0 spiro atoms. The molecule has 0 aliphatic heterocycles. The Bertz CT molecular complexity index is 1220. The minimum Gasteiger partial charge on any atom is -0.273 e. The highest BCUT2D eigenvalue weighted by molar-refractivity contribution is 6.03. The molecule has 5 rings (SSSR count). The molecule has 0 fully saturated rings. The molecule has 28 heavy (non-hydrogen) atoms. The summed E-state index contributed by atoms with van der Waals surface area (Å²) in [6, 6.07) is 24.9. The molecule has 4 aromatic carbocycles. The van der Waals surface area contributed by atoms with Crippen molar-refractivity contribution in [3.05, 3.63) is 95.1 Å². The summed E-state index contributed by atoms with van der Waals surface area (Å²) >= 11 is 0. The SMILES string of the molecule is O=C(Cc1cccc2ccccc12)N/N=C/c1ccc2c3c(cccc13)CC2. The zero-order valence-corrected chi connectivity index (χ0v) is 15.5. The maximum atomic E-state index is 12.4. The van der Waals surface area contributed by atoms with Gasteiger partial charge in [-0.05, 0) is 51.1 Å². The molecule has 1 N–H and O–H groups in total. The molecule has 1 aliphatic carbocycles. The number of nitrogens with one attached hydrogen (secondary N) is 1. The van der Waals surface area contributed by atoms with Crippen LogP contribution in [-0.4, -0.2) is 12.1 Å². The van der Waals surface area contributed by atoms with Gasteiger partial charge in [-0.2, -0.15) is 5.10 Å². The zero-order chi connectivity index (χ0) is 18.9. The largest absolute Gasteiger partial charge is 0.273 e. The van der Waals surface area contributed by atoms with Crippen molar-refractivity contribution in [2.24, 2.45) is 5.10 Å². The van der Waals surface area contributed by atoms with Crippen LogP contribution < -0.4 is 5.43 Å². The van der Waals surface area contributed by atoms with E-state index in [1.165, 1.54) is 21.9 Å². The van der Waals surface area contributed by atoms with Crippen molar-refractivity contribution in [2.75, 3.05) is 0 Å². The highest BCUT2D eigenvalue weighted by Gasteiger charge is 2.15. The summed E-state index contributed by atoms with van der Waals surface area (Å²) < 4.78 is 0. The number of fused-ring (bicyclic) bond motifs is 1. The van der Waals surface area contributed by atoms with E-state index in [4.69, 9.17) is 0 Å². The minimum atomic E-state index is -0.112. The van der Waals surface area contributed by atoms with Crippen molar-refractivity contribution in [1.82, 2.24) is 5.43 Å². The lowest BCUT2D eigenvalue weighted by molar-refractivity contribution is -0.120. The molecule has 0 bridgehead atoms. The average molecular weight is 364 g/mol. The van der Waals surface area contributed by atoms with E-state index >= 15 is 0 Å². The molecule has 0 unspecified atom stereocenters. The van der Waals surface area contributed by atoms with Gasteiger partial charge in [0.1, 0.15) is 0 Å². The van der Waals surface area contributed by atoms with Crippen LogP contribution in [0.5, 0.6) is 0 Å². The van der Waals surface area contributed by atoms with Gasteiger partial charge in [-0.3, -0.25) is 4.79 Å². The summed E-state index contributed by atoms with van der Waals surface area (Å²) in [6.45, 7) is 0. The van der Waals surface area contributed by atoms with E-state index in [1.807, 2.05) is 30.3 Å². The molecule has 0 radical (unpaired) electrons. The van der Waals surface area contributed by atoms with Crippen molar-refractivity contribution >= 4 is 33.7 Å². The van der Waals surface area contributed by atoms with Gasteiger partial charge in [-0.25, -0.2) is 5.43 Å². The van der Waals surface area contributed by atoms with Gasteiger partial charge in [0, 0.05) is 5.56 Å². The molecule has 3 heteroatoms. The third-order valence-corrected chi connectivity index (χ3v) is 5.53. The fraction of sp³-hybridized carbons (Fsp3) is 0.120. The molecule has 4 aromatic rings. The minimum absolute atomic E-state index is 0.112. The van der Waals surface area contributed by atoms with Crippen LogP contribution >= 0.6 is 0 Å². The Kier molecular flexibility index (Phi) is 4.13. The van der Waals surface area contributed by atoms with E-state index in [0.717, 1.165) is 34.7 Å². The Morgan fingerprint density at radius 3 is 2.54 bits per heavy atom. The topological polar surface area (TPSA) is 41.5 Å². The van der Waals surface area contributed by atoms with Gasteiger partial charge in [0.2, 0.25) is 5.91 Å². The number of hydrazone groups is 1. The van der Waals surface area contributed by atoms with Crippen LogP contribution in [0.25, 0.3) is 21.5 Å². The van der Waals surface area contributed by atoms with E-state index in [1.54, 1.807) is 6.21 Å². The molecule has 1 aliphatic rings. The van der Waals surface area contributed by atoms with Crippen LogP contribution in [0.2, 0.25) is 0 Å². The van der Waals surface area contributed by atoms with Crippen molar-refractivity contribution < 1.29 is 4.79 Å². The first kappa shape index (κ1) is 16.7. The average Bonchev–Trinajstić information content (AvgIpc) is 3.15. The Morgan fingerprint density at radius 1 is 0.857 bits per heavy atom. The number of nitrogens with zero attached hydrogens (tertiary/aromatic N) is 1. The van der Waals surface area contributed by atoms with Crippen molar-refractivity contribution in [1.29, 1.82) is 0 Å². The second-order valence-electron chi connectivity index (χ2n) is 7.26. The van der Waals surface area contributed by atoms with Gasteiger partial charge in [0.25, 0.3) is 0 Å². The summed E-state index contributed by atoms with van der Waals surface area (Å²) in [5.74, 6) is -0.112. The number of carbonyl (C=O) groups is 1. The monoisotopic (exact) mass is 364 g/mol. The lowest BCUT2D eigenvalue weighted by atomic mass is 10.0. The molecule has 136 valence electrons. The summed E-state index contributed by atoms with van der Waals surface area (Å²) in [5, 5.41) is 9.04. The second kappa shape index (κ2) is 6.93. The third kappa shape index (κ3) is 2.95. The van der Waals surface area contributed by atoms with Crippen LogP contribution in [0.4, 0.5) is 0 Å². The van der Waals surface area contributed by atoms with Crippen molar-refractivity contribution in [3.8, 4) is 0 Å². The smallest absolute Gasteiger partial charge is 0.244 e. The maximum absolute atomic E-state index is 12.4. The Hall–Kier alpha value is -3.46. The summed E-state index contributed by atoms with van der Waals surface area (Å²) in [7, 11) is 0. The molecular formula is C25H20N2O. The number of benzene rings is 4. The van der Waals surface area contributed by atoms with Crippen LogP contribution in [0.15, 0.2) is 77.9 Å². The first-order valence-electron chi connectivity index (χ1n) is 9.61. The van der Waals surface area contributed by atoms with E-state index in [2.05, 4.69) is 53.0 Å². The van der Waals surface area contributed by atoms with Crippen molar-refractivity contribution in [2.45, 2.75) is 19.3 Å². The Labute approximate surface area is 163 Å². The number of hydrogen-bond acceptors (Lipinski definition) is 2. The fourth-order valence-electron chi connectivity index (χ4n) is 4.21. The molecule has 0 saturated heterocycles. The van der Waals surface area contributed by atoms with Crippen LogP contribution in [0, 0.1) is 0 Å².